The van der Waals surface area contributed by atoms with Gasteiger partial charge in [-0.1, -0.05) is 37.3 Å². The molecule has 2 heteroatoms. The summed E-state index contributed by atoms with van der Waals surface area (Å²) in [5, 5.41) is 0. The molecular weight excluding hydrogens is 162 g/mol. The van der Waals surface area contributed by atoms with Crippen molar-refractivity contribution in [3.05, 3.63) is 35.9 Å². The summed E-state index contributed by atoms with van der Waals surface area (Å²) < 4.78 is 5.51. The largest absolute Gasteiger partial charge is 0.371 e. The van der Waals surface area contributed by atoms with Crippen molar-refractivity contribution in [2.24, 2.45) is 0 Å². The molecule has 1 aromatic rings. The van der Waals surface area contributed by atoms with Crippen molar-refractivity contribution in [1.29, 1.82) is 0 Å². The fourth-order valence-electron chi connectivity index (χ4n) is 1.04. The van der Waals surface area contributed by atoms with E-state index in [9.17, 15) is 0 Å². The van der Waals surface area contributed by atoms with Crippen LogP contribution in [0.5, 0.6) is 0 Å². The number of benzene rings is 1. The zero-order valence-electron chi connectivity index (χ0n) is 8.20. The smallest absolute Gasteiger partial charge is 0.108 e. The number of rotatable bonds is 5. The Bertz CT molecular complexity index is 223. The van der Waals surface area contributed by atoms with Crippen LogP contribution in [0.4, 0.5) is 0 Å². The normalized spacial score (nSPS) is 12.8. The van der Waals surface area contributed by atoms with Gasteiger partial charge in [0, 0.05) is 0 Å². The van der Waals surface area contributed by atoms with Crippen LogP contribution in [0.2, 0.25) is 0 Å². The van der Waals surface area contributed by atoms with Crippen LogP contribution in [-0.4, -0.2) is 12.6 Å². The average Bonchev–Trinajstić information content (AvgIpc) is 2.19. The van der Waals surface area contributed by atoms with Gasteiger partial charge in [-0.15, -0.1) is 0 Å². The van der Waals surface area contributed by atoms with E-state index in [4.69, 9.17) is 4.74 Å². The van der Waals surface area contributed by atoms with Crippen LogP contribution < -0.4 is 5.73 Å². The Kier molecular flexibility index (Phi) is 4.50. The zero-order valence-corrected chi connectivity index (χ0v) is 8.20. The Morgan fingerprint density at radius 2 is 2.00 bits per heavy atom. The van der Waals surface area contributed by atoms with Gasteiger partial charge in [0.15, 0.2) is 0 Å². The summed E-state index contributed by atoms with van der Waals surface area (Å²) >= 11 is 0. The molecule has 1 aromatic carbocycles. The quantitative estimate of drug-likeness (QED) is 0.727. The molecule has 0 bridgehead atoms. The standard InChI is InChI=1S/C11H17NO/c1-2-11(12)9-13-8-10-6-4-3-5-7-10/h3-7,11H,2,8-9,12H2,1H3/p+1. The lowest BCUT2D eigenvalue weighted by atomic mass is 10.2. The first-order valence-electron chi connectivity index (χ1n) is 4.77. The molecule has 13 heavy (non-hydrogen) atoms. The summed E-state index contributed by atoms with van der Waals surface area (Å²) in [6, 6.07) is 10.6. The highest BCUT2D eigenvalue weighted by molar-refractivity contribution is 5.13. The summed E-state index contributed by atoms with van der Waals surface area (Å²) in [4.78, 5) is 0. The Morgan fingerprint density at radius 3 is 2.62 bits per heavy atom. The molecule has 0 saturated carbocycles. The number of hydrogen-bond donors (Lipinski definition) is 1. The van der Waals surface area contributed by atoms with Crippen LogP contribution in [0.1, 0.15) is 18.9 Å². The van der Waals surface area contributed by atoms with E-state index in [0.717, 1.165) is 13.0 Å². The summed E-state index contributed by atoms with van der Waals surface area (Å²) in [5.74, 6) is 0. The molecule has 1 atom stereocenters. The second-order valence-corrected chi connectivity index (χ2v) is 3.28. The summed E-state index contributed by atoms with van der Waals surface area (Å²) in [5.41, 5.74) is 5.19. The van der Waals surface area contributed by atoms with Crippen molar-refractivity contribution in [1.82, 2.24) is 0 Å². The van der Waals surface area contributed by atoms with Gasteiger partial charge in [0.2, 0.25) is 0 Å². The summed E-state index contributed by atoms with van der Waals surface area (Å²) in [6.45, 7) is 3.59. The van der Waals surface area contributed by atoms with Gasteiger partial charge >= 0.3 is 0 Å². The molecule has 0 aliphatic carbocycles. The third-order valence-corrected chi connectivity index (χ3v) is 2.04. The molecule has 0 aliphatic rings. The van der Waals surface area contributed by atoms with Crippen LogP contribution in [0, 0.1) is 0 Å². The van der Waals surface area contributed by atoms with Gasteiger partial charge in [-0.2, -0.15) is 0 Å². The molecule has 0 aromatic heterocycles. The first-order chi connectivity index (χ1) is 6.33. The van der Waals surface area contributed by atoms with E-state index in [1.54, 1.807) is 0 Å². The van der Waals surface area contributed by atoms with Crippen LogP contribution in [-0.2, 0) is 11.3 Å². The monoisotopic (exact) mass is 180 g/mol. The van der Waals surface area contributed by atoms with E-state index < -0.39 is 0 Å². The van der Waals surface area contributed by atoms with Crippen molar-refractivity contribution in [2.45, 2.75) is 26.0 Å². The fraction of sp³-hybridized carbons (Fsp3) is 0.455. The first kappa shape index (κ1) is 10.2. The molecule has 2 nitrogen and oxygen atoms in total. The first-order valence-corrected chi connectivity index (χ1v) is 4.77. The Balaban J connectivity index is 2.20. The third kappa shape index (κ3) is 4.06. The van der Waals surface area contributed by atoms with Crippen LogP contribution in [0.3, 0.4) is 0 Å². The molecule has 0 aliphatic heterocycles. The molecule has 1 rings (SSSR count). The lowest BCUT2D eigenvalue weighted by Gasteiger charge is -2.06. The van der Waals surface area contributed by atoms with Crippen LogP contribution in [0.15, 0.2) is 30.3 Å². The van der Waals surface area contributed by atoms with Gasteiger partial charge < -0.3 is 10.5 Å². The highest BCUT2D eigenvalue weighted by Crippen LogP contribution is 2.00. The molecule has 0 saturated heterocycles. The predicted octanol–water partition coefficient (Wildman–Crippen LogP) is 1.22. The van der Waals surface area contributed by atoms with Crippen LogP contribution in [0.25, 0.3) is 0 Å². The van der Waals surface area contributed by atoms with Crippen molar-refractivity contribution in [2.75, 3.05) is 6.61 Å². The number of quaternary nitrogens is 1. The molecular formula is C11H18NO+. The topological polar surface area (TPSA) is 36.9 Å². The molecule has 1 unspecified atom stereocenters. The Labute approximate surface area is 79.7 Å². The van der Waals surface area contributed by atoms with Crippen LogP contribution >= 0.6 is 0 Å². The van der Waals surface area contributed by atoms with E-state index in [-0.39, 0.29) is 0 Å². The molecule has 0 spiro atoms. The van der Waals surface area contributed by atoms with Crippen molar-refractivity contribution >= 4 is 0 Å². The highest BCUT2D eigenvalue weighted by atomic mass is 16.5. The van der Waals surface area contributed by atoms with Crippen molar-refractivity contribution < 1.29 is 10.5 Å². The molecule has 0 radical (unpaired) electrons. The van der Waals surface area contributed by atoms with E-state index >= 15 is 0 Å². The second-order valence-electron chi connectivity index (χ2n) is 3.28. The predicted molar refractivity (Wildman–Crippen MR) is 53.1 cm³/mol. The minimum atomic E-state index is 0.420. The minimum Gasteiger partial charge on any atom is -0.371 e. The lowest BCUT2D eigenvalue weighted by Crippen LogP contribution is -2.62. The second kappa shape index (κ2) is 5.73. The number of hydrogen-bond acceptors (Lipinski definition) is 1. The lowest BCUT2D eigenvalue weighted by molar-refractivity contribution is -0.427. The summed E-state index contributed by atoms with van der Waals surface area (Å²) in [6.07, 6.45) is 1.08. The van der Waals surface area contributed by atoms with Crippen molar-refractivity contribution in [3.8, 4) is 0 Å². The molecule has 3 N–H and O–H groups in total. The van der Waals surface area contributed by atoms with E-state index in [1.807, 2.05) is 18.2 Å². The highest BCUT2D eigenvalue weighted by Gasteiger charge is 2.01. The maximum absolute atomic E-state index is 5.51. The van der Waals surface area contributed by atoms with Gasteiger partial charge in [0.05, 0.1) is 13.2 Å². The Hall–Kier alpha value is -0.860. The van der Waals surface area contributed by atoms with E-state index in [0.29, 0.717) is 12.6 Å². The number of ether oxygens (including phenoxy) is 1. The van der Waals surface area contributed by atoms with E-state index in [2.05, 4.69) is 24.8 Å². The minimum absolute atomic E-state index is 0.420. The fourth-order valence-corrected chi connectivity index (χ4v) is 1.04. The molecule has 72 valence electrons. The maximum atomic E-state index is 5.51. The molecule has 0 fully saturated rings. The van der Waals surface area contributed by atoms with Gasteiger partial charge in [-0.05, 0) is 12.0 Å². The van der Waals surface area contributed by atoms with Crippen molar-refractivity contribution in [3.63, 3.8) is 0 Å². The Morgan fingerprint density at radius 1 is 1.31 bits per heavy atom. The third-order valence-electron chi connectivity index (χ3n) is 2.04. The molecule has 0 amide bonds. The molecule has 0 heterocycles. The van der Waals surface area contributed by atoms with Gasteiger partial charge in [0.1, 0.15) is 6.04 Å². The van der Waals surface area contributed by atoms with E-state index in [1.165, 1.54) is 5.56 Å². The van der Waals surface area contributed by atoms with Gasteiger partial charge in [-0.25, -0.2) is 0 Å². The average molecular weight is 180 g/mol. The van der Waals surface area contributed by atoms with Gasteiger partial charge in [0.25, 0.3) is 0 Å². The SMILES string of the molecule is CCC([NH3+])COCc1ccccc1. The van der Waals surface area contributed by atoms with Gasteiger partial charge in [-0.3, -0.25) is 0 Å². The summed E-state index contributed by atoms with van der Waals surface area (Å²) in [7, 11) is 0. The zero-order chi connectivity index (χ0) is 9.52. The maximum Gasteiger partial charge on any atom is 0.108 e.